The van der Waals surface area contributed by atoms with Crippen LogP contribution >= 0.6 is 0 Å². The van der Waals surface area contributed by atoms with Gasteiger partial charge >= 0.3 is 0 Å². The molecule has 3 N–H and O–H groups in total. The Kier molecular flexibility index (Phi) is 5.43. The molecule has 8 atom stereocenters. The number of alkyl halides is 1. The van der Waals surface area contributed by atoms with Gasteiger partial charge in [0.05, 0.1) is 30.6 Å². The molecule has 1 aromatic carbocycles. The van der Waals surface area contributed by atoms with Crippen molar-refractivity contribution in [1.82, 2.24) is 5.53 Å². The van der Waals surface area contributed by atoms with E-state index in [0.717, 1.165) is 55.6 Å². The van der Waals surface area contributed by atoms with Crippen molar-refractivity contribution in [2.45, 2.75) is 82.9 Å². The van der Waals surface area contributed by atoms with Gasteiger partial charge in [-0.3, -0.25) is 9.80 Å². The number of fused-ring (bicyclic) bond motifs is 6. The number of hydrogen-bond acceptors (Lipinski definition) is 6. The molecule has 4 saturated carbocycles. The zero-order chi connectivity index (χ0) is 24.6. The summed E-state index contributed by atoms with van der Waals surface area (Å²) in [6, 6.07) is 5.80. The average Bonchev–Trinajstić information content (AvgIpc) is 3.39. The first-order valence-electron chi connectivity index (χ1n) is 13.6. The normalized spacial score (nSPS) is 44.0. The quantitative estimate of drug-likeness (QED) is 0.556. The lowest BCUT2D eigenvalue weighted by molar-refractivity contribution is -0.165. The maximum absolute atomic E-state index is 16.6. The molecule has 7 heteroatoms. The van der Waals surface area contributed by atoms with Crippen molar-refractivity contribution in [3.63, 3.8) is 0 Å². The molecule has 0 bridgehead atoms. The van der Waals surface area contributed by atoms with Crippen LogP contribution in [0.4, 0.5) is 15.8 Å². The number of rotatable bonds is 4. The minimum atomic E-state index is -1.14. The number of Topliss-reactive ketones (excluding diaryl/α,β-unsaturated/α-hetero) is 1. The number of ketones is 1. The zero-order valence-electron chi connectivity index (χ0n) is 21.3. The molecule has 0 spiro atoms. The van der Waals surface area contributed by atoms with E-state index >= 15 is 4.39 Å². The van der Waals surface area contributed by atoms with Gasteiger partial charge in [0.2, 0.25) is 0 Å². The molecule has 1 aromatic rings. The van der Waals surface area contributed by atoms with Crippen molar-refractivity contribution in [3.05, 3.63) is 18.2 Å². The molecule has 0 aromatic heterocycles. The first-order valence-corrected chi connectivity index (χ1v) is 13.6. The molecule has 1 heterocycles. The predicted molar refractivity (Wildman–Crippen MR) is 134 cm³/mol. The van der Waals surface area contributed by atoms with Gasteiger partial charge in [-0.2, -0.15) is 0 Å². The van der Waals surface area contributed by atoms with Gasteiger partial charge in [0.25, 0.3) is 0 Å². The third-order valence-corrected chi connectivity index (χ3v) is 10.8. The zero-order valence-corrected chi connectivity index (χ0v) is 21.3. The van der Waals surface area contributed by atoms with Crippen molar-refractivity contribution >= 4 is 17.2 Å². The van der Waals surface area contributed by atoms with Crippen LogP contribution < -0.4 is 20.7 Å². The monoisotopic (exact) mass is 485 g/mol. The summed E-state index contributed by atoms with van der Waals surface area (Å²) in [5.41, 5.74) is 6.24. The van der Waals surface area contributed by atoms with E-state index in [9.17, 15) is 9.90 Å². The number of ether oxygens (including phenoxy) is 1. The molecule has 4 fully saturated rings. The number of benzene rings is 1. The molecular weight excluding hydrogens is 445 g/mol. The van der Waals surface area contributed by atoms with Crippen LogP contribution in [-0.4, -0.2) is 35.8 Å². The van der Waals surface area contributed by atoms with Crippen LogP contribution in [0.15, 0.2) is 18.2 Å². The van der Waals surface area contributed by atoms with E-state index in [1.807, 2.05) is 30.1 Å². The van der Waals surface area contributed by atoms with Gasteiger partial charge in [0, 0.05) is 12.0 Å². The predicted octanol–water partition coefficient (Wildman–Crippen LogP) is 5.03. The summed E-state index contributed by atoms with van der Waals surface area (Å²) < 4.78 is 22.0. The lowest BCUT2D eigenvalue weighted by atomic mass is 9.48. The van der Waals surface area contributed by atoms with Crippen LogP contribution in [-0.2, 0) is 4.79 Å². The van der Waals surface area contributed by atoms with Crippen molar-refractivity contribution in [3.8, 4) is 5.75 Å². The molecule has 35 heavy (non-hydrogen) atoms. The summed E-state index contributed by atoms with van der Waals surface area (Å²) in [6.07, 6.45) is 7.32. The number of anilines is 2. The molecule has 6 nitrogen and oxygen atoms in total. The van der Waals surface area contributed by atoms with Crippen LogP contribution in [0, 0.1) is 35.0 Å². The van der Waals surface area contributed by atoms with E-state index in [-0.39, 0.29) is 29.0 Å². The summed E-state index contributed by atoms with van der Waals surface area (Å²) in [6.45, 7) is 4.50. The van der Waals surface area contributed by atoms with Gasteiger partial charge in [0.15, 0.2) is 5.78 Å². The number of hydrazine groups is 2. The molecular formula is C28H40FN3O3. The van der Waals surface area contributed by atoms with Crippen LogP contribution in [0.1, 0.15) is 71.6 Å². The summed E-state index contributed by atoms with van der Waals surface area (Å²) >= 11 is 0. The number of methoxy groups -OCH3 is 1. The van der Waals surface area contributed by atoms with E-state index in [2.05, 4.69) is 17.9 Å². The van der Waals surface area contributed by atoms with Crippen molar-refractivity contribution in [1.29, 1.82) is 0 Å². The largest absolute Gasteiger partial charge is 0.497 e. The topological polar surface area (TPSA) is 73.8 Å². The van der Waals surface area contributed by atoms with Crippen molar-refractivity contribution < 1.29 is 19.0 Å². The number of halogens is 1. The highest BCUT2D eigenvalue weighted by atomic mass is 19.1. The molecule has 4 aliphatic carbocycles. The highest BCUT2D eigenvalue weighted by Crippen LogP contribution is 2.66. The molecule has 0 saturated heterocycles. The minimum Gasteiger partial charge on any atom is -0.497 e. The number of aliphatic hydroxyl groups is 1. The van der Waals surface area contributed by atoms with Gasteiger partial charge < -0.3 is 15.3 Å². The first kappa shape index (κ1) is 23.5. The molecule has 5 aliphatic rings. The molecule has 1 aliphatic heterocycles. The van der Waals surface area contributed by atoms with Gasteiger partial charge in [0.1, 0.15) is 11.4 Å². The fourth-order valence-electron chi connectivity index (χ4n) is 9.05. The van der Waals surface area contributed by atoms with Gasteiger partial charge in [-0.25, -0.2) is 4.39 Å². The number of carbonyl (C=O) groups is 1. The second kappa shape index (κ2) is 8.07. The SMILES string of the molecule is COc1ccc2c(c1)N(CC(=O)[C@H]1CCC3[C@@H]4CC[C@@H]5C[C@](C)(O)CCC5(F)[C@H]4CC[C@@]31C)NN2. The smallest absolute Gasteiger partial charge is 0.157 e. The lowest BCUT2D eigenvalue weighted by Crippen LogP contribution is -2.58. The van der Waals surface area contributed by atoms with Crippen LogP contribution in [0.3, 0.4) is 0 Å². The maximum atomic E-state index is 16.6. The highest BCUT2D eigenvalue weighted by Gasteiger charge is 2.63. The third-order valence-electron chi connectivity index (χ3n) is 10.8. The van der Waals surface area contributed by atoms with Gasteiger partial charge in [-0.15, -0.1) is 5.53 Å². The van der Waals surface area contributed by atoms with Crippen LogP contribution in [0.25, 0.3) is 0 Å². The Bertz CT molecular complexity index is 1020. The summed E-state index contributed by atoms with van der Waals surface area (Å²) in [4.78, 5) is 13.7. The van der Waals surface area contributed by atoms with E-state index in [1.54, 1.807) is 7.11 Å². The highest BCUT2D eigenvalue weighted by molar-refractivity contribution is 5.89. The Morgan fingerprint density at radius 1 is 1.14 bits per heavy atom. The van der Waals surface area contributed by atoms with Gasteiger partial charge in [-0.1, -0.05) is 6.92 Å². The first-order chi connectivity index (χ1) is 16.6. The second-order valence-corrected chi connectivity index (χ2v) is 12.6. The molecule has 0 amide bonds. The fourth-order valence-corrected chi connectivity index (χ4v) is 9.05. The van der Waals surface area contributed by atoms with Gasteiger partial charge in [-0.05, 0) is 106 Å². The average molecular weight is 486 g/mol. The Morgan fingerprint density at radius 3 is 2.77 bits per heavy atom. The fraction of sp³-hybridized carbons (Fsp3) is 0.750. The Labute approximate surface area is 207 Å². The number of nitrogens with zero attached hydrogens (tertiary/aromatic N) is 1. The Balaban J connectivity index is 1.18. The Hall–Kier alpha value is -1.86. The summed E-state index contributed by atoms with van der Waals surface area (Å²) in [5.74, 6) is 1.92. The van der Waals surface area contributed by atoms with E-state index < -0.39 is 11.3 Å². The summed E-state index contributed by atoms with van der Waals surface area (Å²) in [5, 5.41) is 12.5. The lowest BCUT2D eigenvalue weighted by Gasteiger charge is -2.59. The number of hydrogen-bond donors (Lipinski definition) is 3. The minimum absolute atomic E-state index is 0.0125. The van der Waals surface area contributed by atoms with Crippen LogP contribution in [0.5, 0.6) is 5.75 Å². The number of nitrogens with one attached hydrogen (secondary N) is 2. The maximum Gasteiger partial charge on any atom is 0.157 e. The van der Waals surface area contributed by atoms with Crippen molar-refractivity contribution in [2.75, 3.05) is 24.1 Å². The van der Waals surface area contributed by atoms with Crippen molar-refractivity contribution in [2.24, 2.45) is 35.0 Å². The molecule has 2 unspecified atom stereocenters. The van der Waals surface area contributed by atoms with E-state index in [1.165, 1.54) is 0 Å². The third kappa shape index (κ3) is 3.59. The second-order valence-electron chi connectivity index (χ2n) is 12.6. The van der Waals surface area contributed by atoms with E-state index in [0.29, 0.717) is 37.6 Å². The molecule has 6 rings (SSSR count). The molecule has 0 radical (unpaired) electrons. The van der Waals surface area contributed by atoms with E-state index in [4.69, 9.17) is 4.74 Å². The molecule has 192 valence electrons. The summed E-state index contributed by atoms with van der Waals surface area (Å²) in [7, 11) is 1.65. The Morgan fingerprint density at radius 2 is 1.97 bits per heavy atom. The standard InChI is InChI=1S/C28H40FN3O3/c1-26(34)12-13-28(29)17(15-26)4-6-19-20-7-8-22(27(20,2)11-10-21(19)28)25(33)16-32-24-14-18(35-3)5-9-23(24)30-31-32/h5,9,14,17,19-22,30-31,34H,4,6-8,10-13,15-16H2,1-3H3/t17-,19+,20?,21+,22-,26-,27+,28?/m1/s1. The number of carbonyl (C=O) groups excluding carboxylic acids is 1. The van der Waals surface area contributed by atoms with Crippen LogP contribution in [0.2, 0.25) is 0 Å².